The van der Waals surface area contributed by atoms with Crippen LogP contribution >= 0.6 is 23.2 Å². The second-order valence-corrected chi connectivity index (χ2v) is 16.1. The summed E-state index contributed by atoms with van der Waals surface area (Å²) in [7, 11) is -3.51. The fraction of sp³-hybridized carbons (Fsp3) is 0.562. The van der Waals surface area contributed by atoms with E-state index in [2.05, 4.69) is 5.32 Å². The van der Waals surface area contributed by atoms with Gasteiger partial charge in [0.2, 0.25) is 11.8 Å². The van der Waals surface area contributed by atoms with E-state index in [9.17, 15) is 18.0 Å². The van der Waals surface area contributed by atoms with Crippen molar-refractivity contribution in [3.8, 4) is 0 Å². The summed E-state index contributed by atoms with van der Waals surface area (Å²) in [5.74, 6) is -0.822. The van der Waals surface area contributed by atoms with Crippen molar-refractivity contribution >= 4 is 44.9 Å². The normalized spacial score (nSPS) is 24.4. The third kappa shape index (κ3) is 7.15. The minimum atomic E-state index is -3.51. The number of benzene rings is 2. The molecule has 2 aliphatic rings. The van der Waals surface area contributed by atoms with Crippen molar-refractivity contribution < 1.29 is 18.0 Å². The van der Waals surface area contributed by atoms with E-state index < -0.39 is 32.6 Å². The first-order valence-electron chi connectivity index (χ1n) is 14.8. The van der Waals surface area contributed by atoms with Gasteiger partial charge >= 0.3 is 0 Å². The lowest BCUT2D eigenvalue weighted by molar-refractivity contribution is -0.159. The van der Waals surface area contributed by atoms with E-state index in [1.165, 1.54) is 0 Å². The molecule has 0 unspecified atom stereocenters. The van der Waals surface area contributed by atoms with E-state index >= 15 is 0 Å². The Bertz CT molecular complexity index is 1380. The van der Waals surface area contributed by atoms with E-state index in [0.29, 0.717) is 29.6 Å². The quantitative estimate of drug-likeness (QED) is 0.380. The molecule has 2 saturated heterocycles. The Hall–Kier alpha value is -2.13. The van der Waals surface area contributed by atoms with Crippen LogP contribution in [0.1, 0.15) is 70.5 Å². The highest BCUT2D eigenvalue weighted by Gasteiger charge is 2.53. The number of sulfone groups is 1. The Morgan fingerprint density at radius 3 is 2.21 bits per heavy atom. The third-order valence-electron chi connectivity index (χ3n) is 8.85. The number of piperidine rings is 1. The van der Waals surface area contributed by atoms with Crippen molar-refractivity contribution in [2.75, 3.05) is 31.9 Å². The highest BCUT2D eigenvalue weighted by Crippen LogP contribution is 2.52. The number of likely N-dealkylation sites (tertiary alicyclic amines) is 1. The van der Waals surface area contributed by atoms with Crippen molar-refractivity contribution in [2.24, 2.45) is 11.3 Å². The van der Waals surface area contributed by atoms with E-state index in [1.807, 2.05) is 62.1 Å². The predicted octanol–water partition coefficient (Wildman–Crippen LogP) is 5.73. The van der Waals surface area contributed by atoms with Gasteiger partial charge in [-0.1, -0.05) is 68.2 Å². The predicted molar refractivity (Wildman–Crippen MR) is 170 cm³/mol. The standard InChI is InChI=1S/C32H43Cl2N3O4S/c1-21(2)28(20-42(40,41)22(3)4)37-30(23-9-11-25(33)12-10-23)27(24-7-6-8-26(34)17-24)18-32(5,31(37)39)19-29(38)36-15-13-35-14-16-36/h6-12,17,21-22,27-28,30,35H,13-16,18-20H2,1-5H3/t27-,28-,30-,32-/m1/s1. The summed E-state index contributed by atoms with van der Waals surface area (Å²) in [6.45, 7) is 11.8. The monoisotopic (exact) mass is 635 g/mol. The van der Waals surface area contributed by atoms with Gasteiger partial charge in [0, 0.05) is 54.6 Å². The molecule has 2 aliphatic heterocycles. The zero-order chi connectivity index (χ0) is 30.8. The van der Waals surface area contributed by atoms with Crippen LogP contribution in [-0.2, 0) is 19.4 Å². The minimum Gasteiger partial charge on any atom is -0.340 e. The molecule has 0 aliphatic carbocycles. The maximum absolute atomic E-state index is 14.9. The zero-order valence-electron chi connectivity index (χ0n) is 25.1. The topological polar surface area (TPSA) is 86.8 Å². The summed E-state index contributed by atoms with van der Waals surface area (Å²) in [5.41, 5.74) is 0.753. The second-order valence-electron chi connectivity index (χ2n) is 12.6. The van der Waals surface area contributed by atoms with Crippen LogP contribution in [0, 0.1) is 11.3 Å². The SMILES string of the molecule is CC(C)[C@@H](CS(=O)(=O)C(C)C)N1C(=O)[C@@](C)(CC(=O)N2CCNCC2)C[C@H](c2cccc(Cl)c2)[C@H]1c1ccc(Cl)cc1. The van der Waals surface area contributed by atoms with Crippen molar-refractivity contribution in [2.45, 2.75) is 70.7 Å². The van der Waals surface area contributed by atoms with Gasteiger partial charge in [0.05, 0.1) is 22.5 Å². The summed E-state index contributed by atoms with van der Waals surface area (Å²) in [6, 6.07) is 13.9. The molecule has 10 heteroatoms. The molecular formula is C32H43Cl2N3O4S. The summed E-state index contributed by atoms with van der Waals surface area (Å²) in [5, 5.41) is 3.83. The number of nitrogens with one attached hydrogen (secondary N) is 1. The molecule has 0 saturated carbocycles. The molecule has 0 spiro atoms. The lowest BCUT2D eigenvalue weighted by Crippen LogP contribution is -2.59. The highest BCUT2D eigenvalue weighted by molar-refractivity contribution is 7.92. The largest absolute Gasteiger partial charge is 0.340 e. The van der Waals surface area contributed by atoms with Crippen LogP contribution in [0.4, 0.5) is 0 Å². The van der Waals surface area contributed by atoms with Gasteiger partial charge in [0.15, 0.2) is 9.84 Å². The van der Waals surface area contributed by atoms with Crippen molar-refractivity contribution in [3.05, 3.63) is 69.7 Å². The number of rotatable bonds is 9. The van der Waals surface area contributed by atoms with E-state index in [4.69, 9.17) is 23.2 Å². The number of hydrogen-bond donors (Lipinski definition) is 1. The Balaban J connectivity index is 1.89. The van der Waals surface area contributed by atoms with E-state index in [-0.39, 0.29) is 35.8 Å². The number of carbonyl (C=O) groups is 2. The molecule has 2 aromatic rings. The molecule has 7 nitrogen and oxygen atoms in total. The number of carbonyl (C=O) groups excluding carboxylic acids is 2. The number of nitrogens with zero attached hydrogens (tertiary/aromatic N) is 2. The van der Waals surface area contributed by atoms with Crippen LogP contribution in [0.15, 0.2) is 48.5 Å². The molecule has 2 fully saturated rings. The molecule has 4 rings (SSSR count). The van der Waals surface area contributed by atoms with Crippen LogP contribution in [0.5, 0.6) is 0 Å². The molecule has 0 bridgehead atoms. The minimum absolute atomic E-state index is 0.0501. The Labute approximate surface area is 260 Å². The maximum Gasteiger partial charge on any atom is 0.229 e. The highest BCUT2D eigenvalue weighted by atomic mass is 35.5. The molecule has 1 N–H and O–H groups in total. The van der Waals surface area contributed by atoms with E-state index in [1.54, 1.807) is 30.9 Å². The average molecular weight is 637 g/mol. The van der Waals surface area contributed by atoms with Crippen LogP contribution in [0.2, 0.25) is 10.0 Å². The lowest BCUT2D eigenvalue weighted by atomic mass is 9.66. The second kappa shape index (κ2) is 13.2. The first kappa shape index (κ1) is 32.8. The zero-order valence-corrected chi connectivity index (χ0v) is 27.5. The van der Waals surface area contributed by atoms with Crippen molar-refractivity contribution in [3.63, 3.8) is 0 Å². The van der Waals surface area contributed by atoms with Gasteiger partial charge in [-0.05, 0) is 61.6 Å². The van der Waals surface area contributed by atoms with Crippen molar-refractivity contribution in [1.82, 2.24) is 15.1 Å². The Kier molecular flexibility index (Phi) is 10.3. The number of halogens is 2. The van der Waals surface area contributed by atoms with Gasteiger partial charge in [-0.25, -0.2) is 8.42 Å². The molecular weight excluding hydrogens is 593 g/mol. The van der Waals surface area contributed by atoms with Crippen LogP contribution in [0.3, 0.4) is 0 Å². The Morgan fingerprint density at radius 1 is 1.00 bits per heavy atom. The summed E-state index contributed by atoms with van der Waals surface area (Å²) in [6.07, 6.45) is 0.462. The van der Waals surface area contributed by atoms with Crippen LogP contribution in [-0.4, -0.2) is 73.3 Å². The number of amides is 2. The molecule has 0 aromatic heterocycles. The smallest absolute Gasteiger partial charge is 0.229 e. The van der Waals surface area contributed by atoms with Gasteiger partial charge < -0.3 is 15.1 Å². The molecule has 4 atom stereocenters. The van der Waals surface area contributed by atoms with Gasteiger partial charge in [-0.15, -0.1) is 0 Å². The molecule has 2 amide bonds. The van der Waals surface area contributed by atoms with Gasteiger partial charge in [0.25, 0.3) is 0 Å². The summed E-state index contributed by atoms with van der Waals surface area (Å²) >= 11 is 12.8. The lowest BCUT2D eigenvalue weighted by Gasteiger charge is -2.53. The molecule has 42 heavy (non-hydrogen) atoms. The fourth-order valence-electron chi connectivity index (χ4n) is 6.30. The first-order chi connectivity index (χ1) is 19.7. The number of piperazine rings is 1. The maximum atomic E-state index is 14.9. The van der Waals surface area contributed by atoms with Crippen LogP contribution < -0.4 is 5.32 Å². The summed E-state index contributed by atoms with van der Waals surface area (Å²) in [4.78, 5) is 32.1. The fourth-order valence-corrected chi connectivity index (χ4v) is 8.03. The van der Waals surface area contributed by atoms with Gasteiger partial charge in [-0.3, -0.25) is 9.59 Å². The summed E-state index contributed by atoms with van der Waals surface area (Å²) < 4.78 is 26.8. The average Bonchev–Trinajstić information content (AvgIpc) is 2.94. The van der Waals surface area contributed by atoms with Crippen LogP contribution in [0.25, 0.3) is 0 Å². The molecule has 2 aromatic carbocycles. The van der Waals surface area contributed by atoms with E-state index in [0.717, 1.165) is 24.2 Å². The first-order valence-corrected chi connectivity index (χ1v) is 17.2. The molecule has 2 heterocycles. The van der Waals surface area contributed by atoms with Gasteiger partial charge in [0.1, 0.15) is 0 Å². The third-order valence-corrected chi connectivity index (χ3v) is 11.6. The molecule has 0 radical (unpaired) electrons. The number of hydrogen-bond acceptors (Lipinski definition) is 5. The molecule has 230 valence electrons. The van der Waals surface area contributed by atoms with Crippen molar-refractivity contribution in [1.29, 1.82) is 0 Å². The van der Waals surface area contributed by atoms with Gasteiger partial charge in [-0.2, -0.15) is 0 Å². The Morgan fingerprint density at radius 2 is 1.64 bits per heavy atom.